The lowest BCUT2D eigenvalue weighted by molar-refractivity contribution is 0.0694. The molecule has 0 aliphatic rings. The SMILES string of the molecule is Nc1ccc(OB(O)O)c(C(=O)O)c1Cl. The Morgan fingerprint density at radius 3 is 2.53 bits per heavy atom. The van der Waals surface area contributed by atoms with E-state index >= 15 is 0 Å². The minimum atomic E-state index is -2.12. The fraction of sp³-hybridized carbons (Fsp3) is 0. The number of carboxylic acids is 1. The quantitative estimate of drug-likeness (QED) is 0.429. The maximum absolute atomic E-state index is 10.8. The number of carboxylic acid groups (broad SMARTS) is 1. The summed E-state index contributed by atoms with van der Waals surface area (Å²) in [7, 11) is -2.12. The number of rotatable bonds is 3. The summed E-state index contributed by atoms with van der Waals surface area (Å²) in [5.74, 6) is -1.64. The zero-order chi connectivity index (χ0) is 11.6. The zero-order valence-electron chi connectivity index (χ0n) is 7.35. The van der Waals surface area contributed by atoms with E-state index in [9.17, 15) is 4.79 Å². The maximum atomic E-state index is 10.8. The van der Waals surface area contributed by atoms with Crippen LogP contribution in [0.15, 0.2) is 12.1 Å². The van der Waals surface area contributed by atoms with E-state index in [0.717, 1.165) is 0 Å². The molecule has 80 valence electrons. The summed E-state index contributed by atoms with van der Waals surface area (Å²) in [6.07, 6.45) is 0. The van der Waals surface area contributed by atoms with Gasteiger partial charge in [-0.3, -0.25) is 0 Å². The third-order valence-corrected chi connectivity index (χ3v) is 1.99. The molecule has 0 saturated carbocycles. The van der Waals surface area contributed by atoms with Gasteiger partial charge in [-0.2, -0.15) is 0 Å². The second kappa shape index (κ2) is 4.39. The number of halogens is 1. The number of nitrogens with two attached hydrogens (primary N) is 1. The van der Waals surface area contributed by atoms with Crippen LogP contribution in [0.3, 0.4) is 0 Å². The van der Waals surface area contributed by atoms with Crippen LogP contribution in [0, 0.1) is 0 Å². The Bertz CT molecular complexity index is 397. The fourth-order valence-electron chi connectivity index (χ4n) is 0.986. The van der Waals surface area contributed by atoms with Gasteiger partial charge in [0.1, 0.15) is 11.3 Å². The van der Waals surface area contributed by atoms with Crippen LogP contribution in [0.2, 0.25) is 5.02 Å². The van der Waals surface area contributed by atoms with E-state index in [1.165, 1.54) is 12.1 Å². The van der Waals surface area contributed by atoms with Crippen molar-refractivity contribution in [3.05, 3.63) is 22.7 Å². The van der Waals surface area contributed by atoms with Gasteiger partial charge in [-0.25, -0.2) is 4.79 Å². The predicted molar refractivity (Wildman–Crippen MR) is 53.6 cm³/mol. The minimum Gasteiger partial charge on any atom is -0.511 e. The summed E-state index contributed by atoms with van der Waals surface area (Å²) in [6.45, 7) is 0. The molecule has 1 rings (SSSR count). The lowest BCUT2D eigenvalue weighted by Crippen LogP contribution is -2.22. The molecule has 8 heteroatoms. The number of hydrogen-bond donors (Lipinski definition) is 4. The van der Waals surface area contributed by atoms with Crippen molar-refractivity contribution in [2.75, 3.05) is 5.73 Å². The van der Waals surface area contributed by atoms with E-state index in [2.05, 4.69) is 4.65 Å². The highest BCUT2D eigenvalue weighted by atomic mass is 35.5. The van der Waals surface area contributed by atoms with E-state index in [-0.39, 0.29) is 16.5 Å². The number of carbonyl (C=O) groups is 1. The monoisotopic (exact) mass is 231 g/mol. The molecule has 1 aromatic carbocycles. The summed E-state index contributed by atoms with van der Waals surface area (Å²) >= 11 is 5.63. The van der Waals surface area contributed by atoms with Gasteiger partial charge in [0.2, 0.25) is 0 Å². The molecule has 0 aliphatic carbocycles. The van der Waals surface area contributed by atoms with Crippen LogP contribution in [0.25, 0.3) is 0 Å². The van der Waals surface area contributed by atoms with Gasteiger partial charge >= 0.3 is 13.3 Å². The van der Waals surface area contributed by atoms with Crippen LogP contribution in [-0.4, -0.2) is 28.4 Å². The molecule has 0 heterocycles. The third-order valence-electron chi connectivity index (χ3n) is 1.58. The predicted octanol–water partition coefficient (Wildman–Crippen LogP) is -0.0313. The van der Waals surface area contributed by atoms with Crippen molar-refractivity contribution in [3.8, 4) is 5.75 Å². The van der Waals surface area contributed by atoms with Gasteiger partial charge in [0.25, 0.3) is 0 Å². The molecule has 0 amide bonds. The molecule has 0 bridgehead atoms. The molecular formula is C7H7BClNO5. The molecule has 6 nitrogen and oxygen atoms in total. The maximum Gasteiger partial charge on any atom is 0.707 e. The molecule has 0 saturated heterocycles. The second-order valence-corrected chi connectivity index (χ2v) is 2.97. The van der Waals surface area contributed by atoms with Crippen molar-refractivity contribution >= 4 is 30.6 Å². The summed E-state index contributed by atoms with van der Waals surface area (Å²) in [4.78, 5) is 10.8. The number of aromatic carboxylic acids is 1. The molecule has 0 fully saturated rings. The molecular weight excluding hydrogens is 224 g/mol. The Hall–Kier alpha value is -1.44. The van der Waals surface area contributed by atoms with Crippen LogP contribution < -0.4 is 10.4 Å². The molecule has 0 atom stereocenters. The normalized spacial score (nSPS) is 9.80. The molecule has 0 unspecified atom stereocenters. The first-order chi connectivity index (χ1) is 6.93. The van der Waals surface area contributed by atoms with Gasteiger partial charge in [0.15, 0.2) is 0 Å². The molecule has 0 aliphatic heterocycles. The number of anilines is 1. The molecule has 0 radical (unpaired) electrons. The van der Waals surface area contributed by atoms with Crippen LogP contribution >= 0.6 is 11.6 Å². The third kappa shape index (κ3) is 2.53. The second-order valence-electron chi connectivity index (χ2n) is 2.59. The first-order valence-electron chi connectivity index (χ1n) is 3.77. The molecule has 5 N–H and O–H groups in total. The topological polar surface area (TPSA) is 113 Å². The molecule has 0 aromatic heterocycles. The highest BCUT2D eigenvalue weighted by Gasteiger charge is 2.21. The highest BCUT2D eigenvalue weighted by Crippen LogP contribution is 2.31. The van der Waals surface area contributed by atoms with Crippen molar-refractivity contribution in [1.29, 1.82) is 0 Å². The lowest BCUT2D eigenvalue weighted by Gasteiger charge is -2.10. The van der Waals surface area contributed by atoms with Gasteiger partial charge < -0.3 is 25.5 Å². The lowest BCUT2D eigenvalue weighted by atomic mass is 10.1. The minimum absolute atomic E-state index is 0.0637. The van der Waals surface area contributed by atoms with Crippen molar-refractivity contribution in [1.82, 2.24) is 0 Å². The van der Waals surface area contributed by atoms with Crippen LogP contribution in [0.5, 0.6) is 5.75 Å². The summed E-state index contributed by atoms with van der Waals surface area (Å²) in [5, 5.41) is 25.7. The molecule has 0 spiro atoms. The zero-order valence-corrected chi connectivity index (χ0v) is 8.10. The van der Waals surface area contributed by atoms with Crippen molar-refractivity contribution in [3.63, 3.8) is 0 Å². The Kier molecular flexibility index (Phi) is 3.41. The van der Waals surface area contributed by atoms with E-state index in [1.54, 1.807) is 0 Å². The Morgan fingerprint density at radius 2 is 2.07 bits per heavy atom. The molecule has 1 aromatic rings. The Morgan fingerprint density at radius 1 is 1.47 bits per heavy atom. The van der Waals surface area contributed by atoms with Crippen LogP contribution in [-0.2, 0) is 0 Å². The highest BCUT2D eigenvalue weighted by molar-refractivity contribution is 6.37. The van der Waals surface area contributed by atoms with Gasteiger partial charge in [-0.15, -0.1) is 0 Å². The van der Waals surface area contributed by atoms with Gasteiger partial charge in [-0.1, -0.05) is 11.6 Å². The van der Waals surface area contributed by atoms with E-state index in [0.29, 0.717) is 0 Å². The number of benzene rings is 1. The van der Waals surface area contributed by atoms with Crippen molar-refractivity contribution in [2.24, 2.45) is 0 Å². The smallest absolute Gasteiger partial charge is 0.511 e. The Labute approximate surface area is 90.0 Å². The van der Waals surface area contributed by atoms with E-state index in [1.807, 2.05) is 0 Å². The summed E-state index contributed by atoms with van der Waals surface area (Å²) in [6, 6.07) is 2.48. The largest absolute Gasteiger partial charge is 0.707 e. The van der Waals surface area contributed by atoms with E-state index < -0.39 is 18.9 Å². The van der Waals surface area contributed by atoms with Crippen LogP contribution in [0.4, 0.5) is 5.69 Å². The molecule has 15 heavy (non-hydrogen) atoms. The standard InChI is InChI=1S/C7H7BClNO5/c9-6-3(10)1-2-4(15-8(13)14)5(6)7(11)12/h1-2,13-14H,10H2,(H,11,12). The van der Waals surface area contributed by atoms with Gasteiger partial charge in [0, 0.05) is 0 Å². The van der Waals surface area contributed by atoms with E-state index in [4.69, 9.17) is 32.5 Å². The van der Waals surface area contributed by atoms with Crippen LogP contribution in [0.1, 0.15) is 10.4 Å². The average molecular weight is 231 g/mol. The van der Waals surface area contributed by atoms with Gasteiger partial charge in [-0.05, 0) is 12.1 Å². The Balaban J connectivity index is 3.27. The fourth-order valence-corrected chi connectivity index (χ4v) is 1.22. The van der Waals surface area contributed by atoms with Crippen molar-refractivity contribution < 1.29 is 24.6 Å². The first kappa shape index (κ1) is 11.6. The summed E-state index contributed by atoms with van der Waals surface area (Å²) in [5.41, 5.74) is 5.03. The average Bonchev–Trinajstić information content (AvgIpc) is 2.10. The first-order valence-corrected chi connectivity index (χ1v) is 4.15. The van der Waals surface area contributed by atoms with Gasteiger partial charge in [0.05, 0.1) is 10.7 Å². The number of nitrogen functional groups attached to an aromatic ring is 1. The van der Waals surface area contributed by atoms with Crippen molar-refractivity contribution in [2.45, 2.75) is 0 Å². The number of hydrogen-bond acceptors (Lipinski definition) is 5. The summed E-state index contributed by atoms with van der Waals surface area (Å²) < 4.78 is 4.43.